The molecule has 1 aromatic heterocycles. The Hall–Kier alpha value is -2.93. The summed E-state index contributed by atoms with van der Waals surface area (Å²) in [4.78, 5) is 11.8. The number of hydrogen-bond acceptors (Lipinski definition) is 4. The number of aromatic nitrogens is 2. The van der Waals surface area contributed by atoms with Gasteiger partial charge in [0.05, 0.1) is 10.6 Å². The molecule has 8 heteroatoms. The van der Waals surface area contributed by atoms with Gasteiger partial charge < -0.3 is 9.73 Å². The van der Waals surface area contributed by atoms with Gasteiger partial charge in [-0.05, 0) is 29.8 Å². The number of rotatable bonds is 4. The summed E-state index contributed by atoms with van der Waals surface area (Å²) >= 11 is 6.05. The fourth-order valence-electron chi connectivity index (χ4n) is 1.94. The SMILES string of the molecule is O=C(NCc1ccc(F)cc1)Nc1nnc(-c2ccccc2Cl)o1. The third-order valence-corrected chi connectivity index (χ3v) is 3.45. The van der Waals surface area contributed by atoms with E-state index in [4.69, 9.17) is 16.0 Å². The van der Waals surface area contributed by atoms with Crippen LogP contribution in [-0.4, -0.2) is 16.2 Å². The quantitative estimate of drug-likeness (QED) is 0.752. The standard InChI is InChI=1S/C16H12ClFN4O2/c17-13-4-2-1-3-12(13)14-21-22-16(24-14)20-15(23)19-9-10-5-7-11(18)8-6-10/h1-8H,9H2,(H2,19,20,22,23). The van der Waals surface area contributed by atoms with E-state index in [1.807, 2.05) is 0 Å². The van der Waals surface area contributed by atoms with Crippen molar-refractivity contribution in [2.75, 3.05) is 5.32 Å². The van der Waals surface area contributed by atoms with Gasteiger partial charge in [-0.25, -0.2) is 9.18 Å². The highest BCUT2D eigenvalue weighted by Crippen LogP contribution is 2.27. The lowest BCUT2D eigenvalue weighted by molar-refractivity contribution is 0.251. The summed E-state index contributed by atoms with van der Waals surface area (Å²) in [6.45, 7) is 0.234. The van der Waals surface area contributed by atoms with E-state index in [-0.39, 0.29) is 24.3 Å². The topological polar surface area (TPSA) is 80.0 Å². The predicted molar refractivity (Wildman–Crippen MR) is 87.0 cm³/mol. The summed E-state index contributed by atoms with van der Waals surface area (Å²) in [5.74, 6) is -0.129. The van der Waals surface area contributed by atoms with Crippen molar-refractivity contribution in [1.29, 1.82) is 0 Å². The third kappa shape index (κ3) is 3.88. The molecule has 0 unspecified atom stereocenters. The van der Waals surface area contributed by atoms with Gasteiger partial charge in [-0.2, -0.15) is 0 Å². The summed E-state index contributed by atoms with van der Waals surface area (Å²) in [5, 5.41) is 13.1. The molecule has 24 heavy (non-hydrogen) atoms. The van der Waals surface area contributed by atoms with Gasteiger partial charge in [0.15, 0.2) is 0 Å². The monoisotopic (exact) mass is 346 g/mol. The molecule has 6 nitrogen and oxygen atoms in total. The van der Waals surface area contributed by atoms with E-state index in [1.54, 1.807) is 36.4 Å². The Balaban J connectivity index is 1.59. The summed E-state index contributed by atoms with van der Waals surface area (Å²) in [5.41, 5.74) is 1.33. The molecule has 0 bridgehead atoms. The zero-order chi connectivity index (χ0) is 16.9. The molecule has 0 saturated carbocycles. The number of carbonyl (C=O) groups excluding carboxylic acids is 1. The van der Waals surface area contributed by atoms with Crippen molar-refractivity contribution in [2.24, 2.45) is 0 Å². The van der Waals surface area contributed by atoms with E-state index in [9.17, 15) is 9.18 Å². The van der Waals surface area contributed by atoms with Crippen molar-refractivity contribution in [3.63, 3.8) is 0 Å². The Morgan fingerprint density at radius 1 is 1.12 bits per heavy atom. The van der Waals surface area contributed by atoms with Gasteiger partial charge in [-0.3, -0.25) is 5.32 Å². The third-order valence-electron chi connectivity index (χ3n) is 3.12. The van der Waals surface area contributed by atoms with Gasteiger partial charge >= 0.3 is 12.0 Å². The van der Waals surface area contributed by atoms with E-state index in [0.717, 1.165) is 5.56 Å². The second kappa shape index (κ2) is 7.10. The van der Waals surface area contributed by atoms with Crippen LogP contribution in [-0.2, 0) is 6.54 Å². The minimum absolute atomic E-state index is 0.0541. The second-order valence-electron chi connectivity index (χ2n) is 4.83. The zero-order valence-corrected chi connectivity index (χ0v) is 13.0. The first-order chi connectivity index (χ1) is 11.6. The number of amides is 2. The van der Waals surface area contributed by atoms with E-state index < -0.39 is 6.03 Å². The molecule has 0 radical (unpaired) electrons. The van der Waals surface area contributed by atoms with Crippen LogP contribution in [0.2, 0.25) is 5.02 Å². The first-order valence-corrected chi connectivity index (χ1v) is 7.37. The molecular formula is C16H12ClFN4O2. The Bertz CT molecular complexity index is 851. The molecule has 3 aromatic rings. The van der Waals surface area contributed by atoms with Crippen LogP contribution in [0.4, 0.5) is 15.2 Å². The van der Waals surface area contributed by atoms with Crippen LogP contribution in [0.5, 0.6) is 0 Å². The number of benzene rings is 2. The maximum absolute atomic E-state index is 12.8. The Morgan fingerprint density at radius 2 is 1.88 bits per heavy atom. The van der Waals surface area contributed by atoms with Crippen LogP contribution >= 0.6 is 11.6 Å². The number of anilines is 1. The lowest BCUT2D eigenvalue weighted by Gasteiger charge is -2.04. The smallest absolute Gasteiger partial charge is 0.324 e. The lowest BCUT2D eigenvalue weighted by Crippen LogP contribution is -2.28. The number of halogens is 2. The van der Waals surface area contributed by atoms with E-state index in [1.165, 1.54) is 12.1 Å². The van der Waals surface area contributed by atoms with Gasteiger partial charge in [0.2, 0.25) is 0 Å². The average molecular weight is 347 g/mol. The summed E-state index contributed by atoms with van der Waals surface area (Å²) in [7, 11) is 0. The molecule has 122 valence electrons. The predicted octanol–water partition coefficient (Wildman–Crippen LogP) is 3.85. The van der Waals surface area contributed by atoms with E-state index in [0.29, 0.717) is 10.6 Å². The van der Waals surface area contributed by atoms with Crippen molar-refractivity contribution in [1.82, 2.24) is 15.5 Å². The first kappa shape index (κ1) is 15.9. The minimum atomic E-state index is -0.520. The number of urea groups is 1. The molecule has 0 aliphatic heterocycles. The highest BCUT2D eigenvalue weighted by molar-refractivity contribution is 6.33. The molecule has 0 aliphatic carbocycles. The van der Waals surface area contributed by atoms with Gasteiger partial charge in [-0.15, -0.1) is 5.10 Å². The summed E-state index contributed by atoms with van der Waals surface area (Å²) in [6.07, 6.45) is 0. The summed E-state index contributed by atoms with van der Waals surface area (Å²) < 4.78 is 18.2. The molecule has 0 aliphatic rings. The maximum atomic E-state index is 12.8. The van der Waals surface area contributed by atoms with Gasteiger partial charge in [-0.1, -0.05) is 41.0 Å². The highest BCUT2D eigenvalue weighted by atomic mass is 35.5. The van der Waals surface area contributed by atoms with Crippen LogP contribution in [0.1, 0.15) is 5.56 Å². The highest BCUT2D eigenvalue weighted by Gasteiger charge is 2.13. The molecule has 0 saturated heterocycles. The first-order valence-electron chi connectivity index (χ1n) is 6.99. The van der Waals surface area contributed by atoms with Crippen LogP contribution < -0.4 is 10.6 Å². The molecule has 0 spiro atoms. The van der Waals surface area contributed by atoms with Crippen molar-refractivity contribution in [2.45, 2.75) is 6.54 Å². The van der Waals surface area contributed by atoms with E-state index in [2.05, 4.69) is 20.8 Å². The Labute approximate surface area is 141 Å². The molecular weight excluding hydrogens is 335 g/mol. The zero-order valence-electron chi connectivity index (χ0n) is 12.3. The van der Waals surface area contributed by atoms with Crippen LogP contribution in [0.15, 0.2) is 52.9 Å². The normalized spacial score (nSPS) is 10.4. The Kier molecular flexibility index (Phi) is 4.72. The van der Waals surface area contributed by atoms with Crippen LogP contribution in [0.25, 0.3) is 11.5 Å². The molecule has 1 heterocycles. The molecule has 3 rings (SSSR count). The van der Waals surface area contributed by atoms with Crippen LogP contribution in [0, 0.1) is 5.82 Å². The largest absolute Gasteiger partial charge is 0.403 e. The number of nitrogens with one attached hydrogen (secondary N) is 2. The van der Waals surface area contributed by atoms with Crippen molar-refractivity contribution in [3.05, 3.63) is 64.9 Å². The maximum Gasteiger partial charge on any atom is 0.324 e. The lowest BCUT2D eigenvalue weighted by atomic mass is 10.2. The van der Waals surface area contributed by atoms with Gasteiger partial charge in [0, 0.05) is 6.54 Å². The molecule has 2 amide bonds. The van der Waals surface area contributed by atoms with Crippen molar-refractivity contribution < 1.29 is 13.6 Å². The Morgan fingerprint density at radius 3 is 2.62 bits per heavy atom. The van der Waals surface area contributed by atoms with E-state index >= 15 is 0 Å². The van der Waals surface area contributed by atoms with Gasteiger partial charge in [0.1, 0.15) is 5.82 Å². The molecule has 2 N–H and O–H groups in total. The molecule has 0 fully saturated rings. The molecule has 2 aromatic carbocycles. The summed E-state index contributed by atoms with van der Waals surface area (Å²) in [6, 6.07) is 12.2. The number of nitrogens with zero attached hydrogens (tertiary/aromatic N) is 2. The van der Waals surface area contributed by atoms with Gasteiger partial charge in [0.25, 0.3) is 5.89 Å². The fourth-order valence-corrected chi connectivity index (χ4v) is 2.16. The fraction of sp³-hybridized carbons (Fsp3) is 0.0625. The number of hydrogen-bond donors (Lipinski definition) is 2. The average Bonchev–Trinajstić information content (AvgIpc) is 3.03. The molecule has 0 atom stereocenters. The van der Waals surface area contributed by atoms with Crippen LogP contribution in [0.3, 0.4) is 0 Å². The minimum Gasteiger partial charge on any atom is -0.403 e. The second-order valence-corrected chi connectivity index (χ2v) is 5.23. The van der Waals surface area contributed by atoms with Crippen molar-refractivity contribution >= 4 is 23.6 Å². The number of carbonyl (C=O) groups is 1. The van der Waals surface area contributed by atoms with Crippen molar-refractivity contribution in [3.8, 4) is 11.5 Å².